The number of ether oxygens (including phenoxy) is 3. The third kappa shape index (κ3) is 6.07. The Hall–Kier alpha value is -2.83. The Morgan fingerprint density at radius 1 is 1.14 bits per heavy atom. The molecule has 0 aliphatic carbocycles. The summed E-state index contributed by atoms with van der Waals surface area (Å²) < 4.78 is 28.6. The fourth-order valence-corrected chi connectivity index (χ4v) is 3.00. The first kappa shape index (κ1) is 20.9. The number of carbonyl (C=O) groups is 1. The van der Waals surface area contributed by atoms with Crippen LogP contribution in [0.3, 0.4) is 0 Å². The Morgan fingerprint density at radius 3 is 2.62 bits per heavy atom. The van der Waals surface area contributed by atoms with Gasteiger partial charge in [0.05, 0.1) is 11.9 Å². The number of aromatic nitrogens is 1. The van der Waals surface area contributed by atoms with Crippen LogP contribution in [0.5, 0.6) is 11.5 Å². The molecule has 1 aliphatic rings. The van der Waals surface area contributed by atoms with Crippen molar-refractivity contribution in [1.29, 1.82) is 0 Å². The lowest BCUT2D eigenvalue weighted by atomic mass is 10.00. The summed E-state index contributed by atoms with van der Waals surface area (Å²) >= 11 is 0. The number of fused-ring (bicyclic) bond motifs is 1. The van der Waals surface area contributed by atoms with Crippen molar-refractivity contribution in [3.8, 4) is 11.5 Å². The van der Waals surface area contributed by atoms with Gasteiger partial charge in [0, 0.05) is 13.1 Å². The van der Waals surface area contributed by atoms with Gasteiger partial charge in [-0.2, -0.15) is 0 Å². The first-order valence-electron chi connectivity index (χ1n) is 9.70. The van der Waals surface area contributed by atoms with Crippen LogP contribution >= 0.6 is 0 Å². The molecule has 0 saturated carbocycles. The van der Waals surface area contributed by atoms with E-state index >= 15 is 0 Å². The molecule has 156 valence electrons. The van der Waals surface area contributed by atoms with Gasteiger partial charge in [-0.1, -0.05) is 6.07 Å². The number of amides is 1. The van der Waals surface area contributed by atoms with E-state index in [1.165, 1.54) is 5.56 Å². The molecule has 0 bridgehead atoms. The predicted molar refractivity (Wildman–Crippen MR) is 107 cm³/mol. The van der Waals surface area contributed by atoms with Crippen molar-refractivity contribution >= 4 is 6.09 Å². The van der Waals surface area contributed by atoms with Crippen molar-refractivity contribution in [2.24, 2.45) is 0 Å². The van der Waals surface area contributed by atoms with Crippen molar-refractivity contribution in [2.75, 3.05) is 19.8 Å². The van der Waals surface area contributed by atoms with Crippen LogP contribution < -0.4 is 9.47 Å². The van der Waals surface area contributed by atoms with Crippen LogP contribution in [-0.2, 0) is 24.3 Å². The molecular weight excluding hydrogens is 375 g/mol. The molecule has 29 heavy (non-hydrogen) atoms. The molecule has 2 heterocycles. The second kappa shape index (κ2) is 9.11. The molecule has 7 heteroatoms. The topological polar surface area (TPSA) is 60.9 Å². The Bertz CT molecular complexity index is 834. The zero-order valence-electron chi connectivity index (χ0n) is 17.1. The van der Waals surface area contributed by atoms with Gasteiger partial charge in [-0.05, 0) is 62.6 Å². The minimum Gasteiger partial charge on any atom is -0.489 e. The first-order chi connectivity index (χ1) is 13.8. The molecule has 1 aromatic carbocycles. The van der Waals surface area contributed by atoms with E-state index in [1.807, 2.05) is 39.0 Å². The molecule has 0 radical (unpaired) electrons. The lowest BCUT2D eigenvalue weighted by molar-refractivity contribution is 0.0223. The molecule has 0 atom stereocenters. The smallest absolute Gasteiger partial charge is 0.410 e. The molecule has 1 amide bonds. The van der Waals surface area contributed by atoms with E-state index in [0.29, 0.717) is 31.2 Å². The number of benzene rings is 1. The second-order valence-corrected chi connectivity index (χ2v) is 7.89. The Kier molecular flexibility index (Phi) is 6.56. The molecule has 6 nitrogen and oxygen atoms in total. The van der Waals surface area contributed by atoms with E-state index in [0.717, 1.165) is 17.7 Å². The molecule has 0 unspecified atom stereocenters. The van der Waals surface area contributed by atoms with Crippen LogP contribution in [0.4, 0.5) is 9.18 Å². The number of pyridine rings is 1. The van der Waals surface area contributed by atoms with Gasteiger partial charge in [-0.3, -0.25) is 4.98 Å². The summed E-state index contributed by atoms with van der Waals surface area (Å²) in [6, 6.07) is 9.47. The Labute approximate surface area is 170 Å². The highest BCUT2D eigenvalue weighted by atomic mass is 19.1. The van der Waals surface area contributed by atoms with Crippen molar-refractivity contribution in [2.45, 2.75) is 45.9 Å². The monoisotopic (exact) mass is 402 g/mol. The maximum absolute atomic E-state index is 12.3. The number of halogens is 1. The van der Waals surface area contributed by atoms with Gasteiger partial charge >= 0.3 is 6.09 Å². The van der Waals surface area contributed by atoms with Crippen LogP contribution in [0.15, 0.2) is 36.5 Å². The molecule has 0 fully saturated rings. The lowest BCUT2D eigenvalue weighted by Gasteiger charge is -2.31. The summed E-state index contributed by atoms with van der Waals surface area (Å²) in [7, 11) is 0. The minimum absolute atomic E-state index is 0.0208. The van der Waals surface area contributed by atoms with E-state index in [4.69, 9.17) is 14.2 Å². The Morgan fingerprint density at radius 2 is 1.93 bits per heavy atom. The largest absolute Gasteiger partial charge is 0.489 e. The SMILES string of the molecule is CC(C)(C)OC(=O)N1CCc2ccc(OCc3ccc(OCCF)cn3)cc2C1. The molecule has 1 aromatic heterocycles. The zero-order chi connectivity index (χ0) is 20.9. The molecule has 0 N–H and O–H groups in total. The molecule has 1 aliphatic heterocycles. The molecule has 0 saturated heterocycles. The summed E-state index contributed by atoms with van der Waals surface area (Å²) in [6.07, 6.45) is 2.05. The van der Waals surface area contributed by atoms with E-state index < -0.39 is 12.3 Å². The van der Waals surface area contributed by atoms with Gasteiger partial charge in [0.15, 0.2) is 0 Å². The van der Waals surface area contributed by atoms with Crippen molar-refractivity contribution in [3.63, 3.8) is 0 Å². The summed E-state index contributed by atoms with van der Waals surface area (Å²) in [5.74, 6) is 1.25. The summed E-state index contributed by atoms with van der Waals surface area (Å²) in [4.78, 5) is 18.3. The van der Waals surface area contributed by atoms with Gasteiger partial charge in [0.2, 0.25) is 0 Å². The average molecular weight is 402 g/mol. The van der Waals surface area contributed by atoms with Gasteiger partial charge in [0.25, 0.3) is 0 Å². The van der Waals surface area contributed by atoms with Crippen LogP contribution in [0.25, 0.3) is 0 Å². The maximum atomic E-state index is 12.3. The Balaban J connectivity index is 1.59. The predicted octanol–water partition coefficient (Wildman–Crippen LogP) is 4.30. The third-order valence-electron chi connectivity index (χ3n) is 4.37. The molecule has 2 aromatic rings. The summed E-state index contributed by atoms with van der Waals surface area (Å²) in [5, 5.41) is 0. The summed E-state index contributed by atoms with van der Waals surface area (Å²) in [5.41, 5.74) is 2.50. The van der Waals surface area contributed by atoms with E-state index in [1.54, 1.807) is 23.2 Å². The van der Waals surface area contributed by atoms with Crippen LogP contribution in [-0.4, -0.2) is 41.4 Å². The molecule has 3 rings (SSSR count). The van der Waals surface area contributed by atoms with Crippen LogP contribution in [0, 0.1) is 0 Å². The van der Waals surface area contributed by atoms with Gasteiger partial charge in [-0.15, -0.1) is 0 Å². The lowest BCUT2D eigenvalue weighted by Crippen LogP contribution is -2.39. The maximum Gasteiger partial charge on any atom is 0.410 e. The highest BCUT2D eigenvalue weighted by Crippen LogP contribution is 2.25. The molecule has 0 spiro atoms. The first-order valence-corrected chi connectivity index (χ1v) is 9.70. The standard InChI is InChI=1S/C22H27FN2O4/c1-22(2,3)29-21(26)25-10-8-16-4-6-19(12-17(16)14-25)28-15-18-5-7-20(13-24-18)27-11-9-23/h4-7,12-13H,8-11,14-15H2,1-3H3. The third-order valence-corrected chi connectivity index (χ3v) is 4.37. The number of hydrogen-bond acceptors (Lipinski definition) is 5. The minimum atomic E-state index is -0.533. The van der Waals surface area contributed by atoms with Gasteiger partial charge < -0.3 is 19.1 Å². The normalized spacial score (nSPS) is 13.6. The van der Waals surface area contributed by atoms with E-state index in [-0.39, 0.29) is 12.7 Å². The number of carbonyl (C=O) groups excluding carboxylic acids is 1. The van der Waals surface area contributed by atoms with E-state index in [9.17, 15) is 9.18 Å². The second-order valence-electron chi connectivity index (χ2n) is 7.89. The average Bonchev–Trinajstić information content (AvgIpc) is 2.69. The van der Waals surface area contributed by atoms with E-state index in [2.05, 4.69) is 4.98 Å². The quantitative estimate of drug-likeness (QED) is 0.721. The van der Waals surface area contributed by atoms with Crippen molar-refractivity contribution in [3.05, 3.63) is 53.3 Å². The number of alkyl halides is 1. The fraction of sp³-hybridized carbons (Fsp3) is 0.455. The van der Waals surface area contributed by atoms with Crippen LogP contribution in [0.1, 0.15) is 37.6 Å². The fourth-order valence-electron chi connectivity index (χ4n) is 3.00. The highest BCUT2D eigenvalue weighted by molar-refractivity contribution is 5.68. The van der Waals surface area contributed by atoms with Crippen molar-refractivity contribution in [1.82, 2.24) is 9.88 Å². The number of nitrogens with zero attached hydrogens (tertiary/aromatic N) is 2. The van der Waals surface area contributed by atoms with Crippen molar-refractivity contribution < 1.29 is 23.4 Å². The zero-order valence-corrected chi connectivity index (χ0v) is 17.1. The summed E-state index contributed by atoms with van der Waals surface area (Å²) in [6.45, 7) is 6.52. The van der Waals surface area contributed by atoms with Gasteiger partial charge in [-0.25, -0.2) is 9.18 Å². The van der Waals surface area contributed by atoms with Gasteiger partial charge in [0.1, 0.15) is 37.0 Å². The number of rotatable bonds is 6. The highest BCUT2D eigenvalue weighted by Gasteiger charge is 2.25. The van der Waals surface area contributed by atoms with Crippen LogP contribution in [0.2, 0.25) is 0 Å². The molecular formula is C22H27FN2O4. The number of hydrogen-bond donors (Lipinski definition) is 0.